The molecule has 0 aromatic carbocycles. The van der Waals surface area contributed by atoms with E-state index in [4.69, 9.17) is 11.6 Å². The topological polar surface area (TPSA) is 62.7 Å². The van der Waals surface area contributed by atoms with E-state index in [1.165, 1.54) is 0 Å². The van der Waals surface area contributed by atoms with Gasteiger partial charge in [0.05, 0.1) is 10.6 Å². The minimum absolute atomic E-state index is 0.115. The molecule has 3 heterocycles. The van der Waals surface area contributed by atoms with Crippen LogP contribution in [0.2, 0.25) is 5.02 Å². The van der Waals surface area contributed by atoms with Crippen LogP contribution in [0.4, 0.5) is 0 Å². The van der Waals surface area contributed by atoms with E-state index in [0.717, 1.165) is 23.8 Å². The zero-order chi connectivity index (χ0) is 15.3. The number of aromatic nitrogens is 3. The summed E-state index contributed by atoms with van der Waals surface area (Å²) in [7, 11) is 1.98. The second kappa shape index (κ2) is 4.61. The number of hydrogen-bond donors (Lipinski definition) is 2. The number of amides is 1. The van der Waals surface area contributed by atoms with E-state index in [1.54, 1.807) is 18.3 Å². The van der Waals surface area contributed by atoms with Gasteiger partial charge in [0.2, 0.25) is 0 Å². The average Bonchev–Trinajstić information content (AvgIpc) is 2.94. The van der Waals surface area contributed by atoms with Gasteiger partial charge in [-0.1, -0.05) is 11.6 Å². The van der Waals surface area contributed by atoms with Crippen molar-refractivity contribution in [3.8, 4) is 0 Å². The van der Waals surface area contributed by atoms with Crippen LogP contribution in [0.15, 0.2) is 36.8 Å². The first-order chi connectivity index (χ1) is 10.6. The molecule has 3 aromatic heterocycles. The van der Waals surface area contributed by atoms with E-state index >= 15 is 0 Å². The maximum Gasteiger partial charge on any atom is 0.268 e. The fourth-order valence-corrected chi connectivity index (χ4v) is 2.96. The lowest BCUT2D eigenvalue weighted by molar-refractivity contribution is 0.0926. The van der Waals surface area contributed by atoms with Crippen LogP contribution in [-0.4, -0.2) is 20.4 Å². The lowest BCUT2D eigenvalue weighted by atomic mass is 10.1. The van der Waals surface area contributed by atoms with Crippen LogP contribution in [-0.2, 0) is 12.6 Å². The van der Waals surface area contributed by atoms with Crippen molar-refractivity contribution in [1.82, 2.24) is 19.9 Å². The maximum absolute atomic E-state index is 12.5. The summed E-state index contributed by atoms with van der Waals surface area (Å²) in [5.74, 6) is -0.115. The molecule has 1 saturated carbocycles. The number of nitrogens with one attached hydrogen (secondary N) is 2. The molecule has 0 unspecified atom stereocenters. The largest absolute Gasteiger partial charge is 0.357 e. The number of rotatable bonds is 3. The van der Waals surface area contributed by atoms with Crippen molar-refractivity contribution < 1.29 is 4.79 Å². The van der Waals surface area contributed by atoms with Gasteiger partial charge in [0.15, 0.2) is 0 Å². The number of aryl methyl sites for hydroxylation is 1. The number of fused-ring (bicyclic) bond motifs is 1. The summed E-state index contributed by atoms with van der Waals surface area (Å²) in [5.41, 5.74) is 2.10. The molecule has 0 spiro atoms. The average molecular weight is 315 g/mol. The van der Waals surface area contributed by atoms with Gasteiger partial charge in [-0.3, -0.25) is 4.79 Å². The summed E-state index contributed by atoms with van der Waals surface area (Å²) in [6.07, 6.45) is 7.55. The molecule has 0 radical (unpaired) electrons. The predicted molar refractivity (Wildman–Crippen MR) is 84.9 cm³/mol. The van der Waals surface area contributed by atoms with E-state index in [9.17, 15) is 4.79 Å². The second-order valence-electron chi connectivity index (χ2n) is 5.88. The highest BCUT2D eigenvalue weighted by Gasteiger charge is 2.46. The van der Waals surface area contributed by atoms with Crippen LogP contribution in [0.25, 0.3) is 11.0 Å². The molecular weight excluding hydrogens is 300 g/mol. The van der Waals surface area contributed by atoms with Gasteiger partial charge < -0.3 is 14.9 Å². The molecule has 1 amide bonds. The molecule has 0 aliphatic heterocycles. The lowest BCUT2D eigenvalue weighted by Gasteiger charge is -2.15. The first-order valence-corrected chi connectivity index (χ1v) is 7.53. The van der Waals surface area contributed by atoms with E-state index < -0.39 is 0 Å². The third kappa shape index (κ3) is 2.18. The van der Waals surface area contributed by atoms with Crippen molar-refractivity contribution >= 4 is 28.5 Å². The van der Waals surface area contributed by atoms with Crippen LogP contribution in [0.1, 0.15) is 28.9 Å². The van der Waals surface area contributed by atoms with Gasteiger partial charge in [-0.25, -0.2) is 4.98 Å². The molecule has 0 bridgehead atoms. The smallest absolute Gasteiger partial charge is 0.268 e. The Morgan fingerprint density at radius 1 is 1.45 bits per heavy atom. The Hall–Kier alpha value is -2.27. The SMILES string of the molecule is Cn1ccc(C2(NC(=O)c3cc4cc(Cl)cnc4[nH]3)CC2)c1. The minimum Gasteiger partial charge on any atom is -0.357 e. The third-order valence-electron chi connectivity index (χ3n) is 4.17. The van der Waals surface area contributed by atoms with E-state index in [1.807, 2.05) is 17.8 Å². The molecule has 4 rings (SSSR count). The van der Waals surface area contributed by atoms with Gasteiger partial charge in [0.25, 0.3) is 5.91 Å². The molecule has 5 nitrogen and oxygen atoms in total. The lowest BCUT2D eigenvalue weighted by Crippen LogP contribution is -2.34. The van der Waals surface area contributed by atoms with Crippen molar-refractivity contribution in [3.63, 3.8) is 0 Å². The van der Waals surface area contributed by atoms with Crippen molar-refractivity contribution in [2.45, 2.75) is 18.4 Å². The highest BCUT2D eigenvalue weighted by atomic mass is 35.5. The first kappa shape index (κ1) is 13.4. The van der Waals surface area contributed by atoms with Crippen molar-refractivity contribution in [2.24, 2.45) is 7.05 Å². The zero-order valence-electron chi connectivity index (χ0n) is 12.1. The molecule has 2 N–H and O–H groups in total. The number of H-pyrrole nitrogens is 1. The summed E-state index contributed by atoms with van der Waals surface area (Å²) in [6.45, 7) is 0. The van der Waals surface area contributed by atoms with Gasteiger partial charge in [-0.15, -0.1) is 0 Å². The minimum atomic E-state index is -0.222. The summed E-state index contributed by atoms with van der Waals surface area (Å²) in [6, 6.07) is 5.63. The fourth-order valence-electron chi connectivity index (χ4n) is 2.79. The second-order valence-corrected chi connectivity index (χ2v) is 6.31. The fraction of sp³-hybridized carbons (Fsp3) is 0.250. The Bertz CT molecular complexity index is 875. The van der Waals surface area contributed by atoms with E-state index in [-0.39, 0.29) is 11.4 Å². The van der Waals surface area contributed by atoms with Crippen LogP contribution >= 0.6 is 11.6 Å². The van der Waals surface area contributed by atoms with Crippen LogP contribution < -0.4 is 5.32 Å². The van der Waals surface area contributed by atoms with E-state index in [2.05, 4.69) is 27.5 Å². The molecule has 1 aliphatic carbocycles. The Balaban J connectivity index is 1.61. The molecule has 22 heavy (non-hydrogen) atoms. The molecule has 6 heteroatoms. The number of carbonyl (C=O) groups is 1. The first-order valence-electron chi connectivity index (χ1n) is 7.15. The number of aromatic amines is 1. The Labute approximate surface area is 132 Å². The van der Waals surface area contributed by atoms with Crippen molar-refractivity contribution in [3.05, 3.63) is 53.1 Å². The maximum atomic E-state index is 12.5. The number of pyridine rings is 1. The standard InChI is InChI=1S/C16H15ClN4O/c1-21-5-2-11(9-21)16(3-4-16)20-15(22)13-7-10-6-12(17)8-18-14(10)19-13/h2,5-9H,3-4H2,1H3,(H,18,19)(H,20,22). The number of nitrogens with zero attached hydrogens (tertiary/aromatic N) is 2. The van der Waals surface area contributed by atoms with Crippen LogP contribution in [0.3, 0.4) is 0 Å². The van der Waals surface area contributed by atoms with Gasteiger partial charge >= 0.3 is 0 Å². The highest BCUT2D eigenvalue weighted by Crippen LogP contribution is 2.45. The number of hydrogen-bond acceptors (Lipinski definition) is 2. The quantitative estimate of drug-likeness (QED) is 0.780. The number of halogens is 1. The molecule has 1 fully saturated rings. The van der Waals surface area contributed by atoms with Crippen molar-refractivity contribution in [2.75, 3.05) is 0 Å². The Kier molecular flexibility index (Phi) is 2.81. The van der Waals surface area contributed by atoms with E-state index in [0.29, 0.717) is 16.4 Å². The van der Waals surface area contributed by atoms with Crippen LogP contribution in [0, 0.1) is 0 Å². The number of carbonyl (C=O) groups excluding carboxylic acids is 1. The molecule has 0 saturated heterocycles. The van der Waals surface area contributed by atoms with Gasteiger partial charge in [-0.2, -0.15) is 0 Å². The Morgan fingerprint density at radius 3 is 2.95 bits per heavy atom. The van der Waals surface area contributed by atoms with Gasteiger partial charge in [-0.05, 0) is 36.6 Å². The monoisotopic (exact) mass is 314 g/mol. The summed E-state index contributed by atoms with van der Waals surface area (Å²) < 4.78 is 2.00. The molecule has 1 aliphatic rings. The van der Waals surface area contributed by atoms with Crippen molar-refractivity contribution in [1.29, 1.82) is 0 Å². The zero-order valence-corrected chi connectivity index (χ0v) is 12.8. The molecule has 0 atom stereocenters. The highest BCUT2D eigenvalue weighted by molar-refractivity contribution is 6.31. The van der Waals surface area contributed by atoms with Gasteiger partial charge in [0, 0.05) is 31.0 Å². The summed E-state index contributed by atoms with van der Waals surface area (Å²) >= 11 is 5.93. The summed E-state index contributed by atoms with van der Waals surface area (Å²) in [4.78, 5) is 19.8. The molecule has 3 aromatic rings. The Morgan fingerprint density at radius 2 is 2.27 bits per heavy atom. The van der Waals surface area contributed by atoms with Gasteiger partial charge in [0.1, 0.15) is 11.3 Å². The normalized spacial score (nSPS) is 15.9. The predicted octanol–water partition coefficient (Wildman–Crippen LogP) is 2.97. The molecular formula is C16H15ClN4O. The van der Waals surface area contributed by atoms with Crippen LogP contribution in [0.5, 0.6) is 0 Å². The third-order valence-corrected chi connectivity index (χ3v) is 4.38. The summed E-state index contributed by atoms with van der Waals surface area (Å²) in [5, 5.41) is 4.54. The molecule has 112 valence electrons.